The minimum Gasteiger partial charge on any atom is -0.493 e. The lowest BCUT2D eigenvalue weighted by Gasteiger charge is -2.12. The number of amides is 2. The van der Waals surface area contributed by atoms with Gasteiger partial charge >= 0.3 is 0 Å². The summed E-state index contributed by atoms with van der Waals surface area (Å²) in [5, 5.41) is -0.260. The van der Waals surface area contributed by atoms with E-state index in [1.165, 1.54) is 12.0 Å². The Morgan fingerprint density at radius 1 is 1.43 bits per heavy atom. The molecule has 0 aromatic heterocycles. The zero-order chi connectivity index (χ0) is 17.0. The second kappa shape index (κ2) is 7.57. The van der Waals surface area contributed by atoms with E-state index >= 15 is 0 Å². The number of hydrogen-bond acceptors (Lipinski definition) is 5. The molecular formula is C16H14BrNO4S. The van der Waals surface area contributed by atoms with Crippen LogP contribution in [-0.2, 0) is 4.79 Å². The van der Waals surface area contributed by atoms with Crippen molar-refractivity contribution in [3.8, 4) is 23.8 Å². The number of methoxy groups -OCH3 is 1. The van der Waals surface area contributed by atoms with Crippen molar-refractivity contribution in [2.24, 2.45) is 0 Å². The Kier molecular flexibility index (Phi) is 5.74. The number of benzene rings is 1. The lowest BCUT2D eigenvalue weighted by molar-refractivity contribution is -0.122. The Labute approximate surface area is 147 Å². The molecule has 0 saturated carbocycles. The molecule has 1 fully saturated rings. The first kappa shape index (κ1) is 17.4. The summed E-state index contributed by atoms with van der Waals surface area (Å²) in [6.45, 7) is 2.23. The number of carbonyl (C=O) groups excluding carboxylic acids is 2. The van der Waals surface area contributed by atoms with Gasteiger partial charge in [0.05, 0.1) is 16.5 Å². The highest BCUT2D eigenvalue weighted by Gasteiger charge is 2.33. The van der Waals surface area contributed by atoms with Crippen LogP contribution >= 0.6 is 27.7 Å². The summed E-state index contributed by atoms with van der Waals surface area (Å²) in [6.07, 6.45) is 6.85. The number of carbonyl (C=O) groups is 2. The van der Waals surface area contributed by atoms with Crippen molar-refractivity contribution in [3.05, 3.63) is 27.1 Å². The molecular weight excluding hydrogens is 382 g/mol. The van der Waals surface area contributed by atoms with E-state index in [9.17, 15) is 9.59 Å². The van der Waals surface area contributed by atoms with E-state index in [-0.39, 0.29) is 17.8 Å². The molecule has 0 bridgehead atoms. The molecule has 23 heavy (non-hydrogen) atoms. The van der Waals surface area contributed by atoms with Gasteiger partial charge in [-0.3, -0.25) is 14.5 Å². The van der Waals surface area contributed by atoms with Crippen LogP contribution in [0.3, 0.4) is 0 Å². The highest BCUT2D eigenvalue weighted by Crippen LogP contribution is 2.39. The Hall–Kier alpha value is -1.91. The number of rotatable bonds is 5. The molecule has 0 aliphatic carbocycles. The highest BCUT2D eigenvalue weighted by molar-refractivity contribution is 9.10. The third-order valence-corrected chi connectivity index (χ3v) is 4.54. The maximum atomic E-state index is 12.1. The van der Waals surface area contributed by atoms with E-state index in [1.54, 1.807) is 25.1 Å². The van der Waals surface area contributed by atoms with Gasteiger partial charge in [0.15, 0.2) is 11.5 Å². The van der Waals surface area contributed by atoms with Crippen molar-refractivity contribution < 1.29 is 19.1 Å². The molecule has 1 aromatic carbocycles. The molecule has 1 aromatic rings. The molecule has 120 valence electrons. The topological polar surface area (TPSA) is 55.8 Å². The van der Waals surface area contributed by atoms with Gasteiger partial charge in [-0.1, -0.05) is 5.92 Å². The summed E-state index contributed by atoms with van der Waals surface area (Å²) in [5.41, 5.74) is 0.711. The summed E-state index contributed by atoms with van der Waals surface area (Å²) >= 11 is 4.32. The number of imide groups is 1. The summed E-state index contributed by atoms with van der Waals surface area (Å²) in [4.78, 5) is 25.4. The van der Waals surface area contributed by atoms with Crippen molar-refractivity contribution in [1.82, 2.24) is 4.90 Å². The van der Waals surface area contributed by atoms with Gasteiger partial charge in [-0.15, -0.1) is 6.42 Å². The van der Waals surface area contributed by atoms with Gasteiger partial charge in [0.1, 0.15) is 6.61 Å². The molecule has 0 atom stereocenters. The molecule has 0 N–H and O–H groups in total. The van der Waals surface area contributed by atoms with Crippen LogP contribution in [0.25, 0.3) is 6.08 Å². The van der Waals surface area contributed by atoms with Gasteiger partial charge in [-0.2, -0.15) is 0 Å². The Morgan fingerprint density at radius 2 is 2.17 bits per heavy atom. The van der Waals surface area contributed by atoms with E-state index in [4.69, 9.17) is 15.9 Å². The van der Waals surface area contributed by atoms with Crippen LogP contribution in [-0.4, -0.2) is 36.3 Å². The van der Waals surface area contributed by atoms with Crippen LogP contribution in [0, 0.1) is 12.3 Å². The average Bonchev–Trinajstić information content (AvgIpc) is 2.79. The van der Waals surface area contributed by atoms with Crippen LogP contribution in [0.1, 0.15) is 12.5 Å². The van der Waals surface area contributed by atoms with Gasteiger partial charge in [0.2, 0.25) is 0 Å². The largest absolute Gasteiger partial charge is 0.493 e. The number of likely N-dealkylation sites (N-methyl/N-ethyl adjacent to an activating group) is 1. The van der Waals surface area contributed by atoms with E-state index < -0.39 is 0 Å². The van der Waals surface area contributed by atoms with Gasteiger partial charge < -0.3 is 9.47 Å². The van der Waals surface area contributed by atoms with Crippen LogP contribution in [0.15, 0.2) is 21.5 Å². The van der Waals surface area contributed by atoms with Gasteiger partial charge in [0.25, 0.3) is 11.1 Å². The van der Waals surface area contributed by atoms with Crippen molar-refractivity contribution >= 4 is 44.9 Å². The minimum atomic E-state index is -0.287. The zero-order valence-corrected chi connectivity index (χ0v) is 15.0. The quantitative estimate of drug-likeness (QED) is 0.563. The van der Waals surface area contributed by atoms with E-state index in [2.05, 4.69) is 21.9 Å². The second-order valence-corrected chi connectivity index (χ2v) is 6.30. The number of nitrogens with zero attached hydrogens (tertiary/aromatic N) is 1. The van der Waals surface area contributed by atoms with E-state index in [0.29, 0.717) is 33.0 Å². The molecule has 2 amide bonds. The Balaban J connectivity index is 2.37. The molecule has 1 aliphatic heterocycles. The van der Waals surface area contributed by atoms with E-state index in [1.807, 2.05) is 0 Å². The second-order valence-electron chi connectivity index (χ2n) is 4.45. The first-order valence-electron chi connectivity index (χ1n) is 6.71. The molecule has 1 heterocycles. The molecule has 0 radical (unpaired) electrons. The third-order valence-electron chi connectivity index (χ3n) is 3.04. The first-order valence-corrected chi connectivity index (χ1v) is 8.31. The lowest BCUT2D eigenvalue weighted by Crippen LogP contribution is -2.27. The Morgan fingerprint density at radius 3 is 2.74 bits per heavy atom. The van der Waals surface area contributed by atoms with Crippen molar-refractivity contribution in [2.45, 2.75) is 6.92 Å². The van der Waals surface area contributed by atoms with Gasteiger partial charge in [0, 0.05) is 6.54 Å². The summed E-state index contributed by atoms with van der Waals surface area (Å²) in [5.74, 6) is 3.07. The summed E-state index contributed by atoms with van der Waals surface area (Å²) < 4.78 is 11.4. The minimum absolute atomic E-state index is 0.115. The van der Waals surface area contributed by atoms with Crippen molar-refractivity contribution in [1.29, 1.82) is 0 Å². The van der Waals surface area contributed by atoms with Gasteiger partial charge in [-0.05, 0) is 58.4 Å². The number of hydrogen-bond donors (Lipinski definition) is 0. The molecule has 1 aliphatic rings. The standard InChI is InChI=1S/C16H14BrNO4S/c1-4-6-22-14-11(17)7-10(8-12(14)21-3)9-13-15(19)18(5-2)16(20)23-13/h1,7-9H,5-6H2,2-3H3/b13-9+. The number of thioether (sulfide) groups is 1. The predicted octanol–water partition coefficient (Wildman–Crippen LogP) is 3.53. The first-order chi connectivity index (χ1) is 11.0. The van der Waals surface area contributed by atoms with Crippen molar-refractivity contribution in [2.75, 3.05) is 20.3 Å². The fraction of sp³-hybridized carbons (Fsp3) is 0.250. The van der Waals surface area contributed by atoms with Crippen LogP contribution in [0.2, 0.25) is 0 Å². The summed E-state index contributed by atoms with van der Waals surface area (Å²) in [7, 11) is 1.51. The fourth-order valence-electron chi connectivity index (χ4n) is 2.00. The maximum absolute atomic E-state index is 12.1. The lowest BCUT2D eigenvalue weighted by atomic mass is 10.2. The third kappa shape index (κ3) is 3.71. The highest BCUT2D eigenvalue weighted by atomic mass is 79.9. The maximum Gasteiger partial charge on any atom is 0.293 e. The number of ether oxygens (including phenoxy) is 2. The Bertz CT molecular complexity index is 724. The normalized spacial score (nSPS) is 15.9. The molecule has 0 spiro atoms. The summed E-state index contributed by atoms with van der Waals surface area (Å²) in [6, 6.07) is 3.49. The number of terminal acetylenes is 1. The van der Waals surface area contributed by atoms with Crippen LogP contribution in [0.4, 0.5) is 4.79 Å². The smallest absolute Gasteiger partial charge is 0.293 e. The van der Waals surface area contributed by atoms with Crippen LogP contribution in [0.5, 0.6) is 11.5 Å². The predicted molar refractivity (Wildman–Crippen MR) is 93.4 cm³/mol. The number of halogens is 1. The SMILES string of the molecule is C#CCOc1c(Br)cc(/C=C2/SC(=O)N(CC)C2=O)cc1OC. The molecule has 0 unspecified atom stereocenters. The average molecular weight is 396 g/mol. The van der Waals surface area contributed by atoms with Crippen LogP contribution < -0.4 is 9.47 Å². The fourth-order valence-corrected chi connectivity index (χ4v) is 3.48. The van der Waals surface area contributed by atoms with E-state index in [0.717, 1.165) is 11.8 Å². The molecule has 5 nitrogen and oxygen atoms in total. The molecule has 7 heteroatoms. The zero-order valence-electron chi connectivity index (χ0n) is 12.6. The molecule has 2 rings (SSSR count). The van der Waals surface area contributed by atoms with Gasteiger partial charge in [-0.25, -0.2) is 0 Å². The van der Waals surface area contributed by atoms with Crippen molar-refractivity contribution in [3.63, 3.8) is 0 Å². The molecule has 1 saturated heterocycles. The monoisotopic (exact) mass is 395 g/mol.